The van der Waals surface area contributed by atoms with E-state index in [4.69, 9.17) is 4.74 Å². The van der Waals surface area contributed by atoms with E-state index in [2.05, 4.69) is 15.2 Å². The molecule has 0 saturated carbocycles. The van der Waals surface area contributed by atoms with Crippen LogP contribution in [0.2, 0.25) is 0 Å². The van der Waals surface area contributed by atoms with Crippen LogP contribution in [0.3, 0.4) is 0 Å². The Morgan fingerprint density at radius 2 is 2.11 bits per heavy atom. The highest BCUT2D eigenvalue weighted by molar-refractivity contribution is 5.95. The van der Waals surface area contributed by atoms with Gasteiger partial charge in [0.25, 0.3) is 0 Å². The Morgan fingerprint density at radius 1 is 1.32 bits per heavy atom. The van der Waals surface area contributed by atoms with Crippen LogP contribution in [0.25, 0.3) is 0 Å². The maximum atomic E-state index is 12.3. The van der Waals surface area contributed by atoms with Crippen LogP contribution in [0.1, 0.15) is 20.8 Å². The average Bonchev–Trinajstić information content (AvgIpc) is 2.82. The lowest BCUT2D eigenvalue weighted by Crippen LogP contribution is -2.33. The Bertz CT molecular complexity index is 532. The molecule has 0 aliphatic carbocycles. The molecule has 2 aromatic rings. The second-order valence-electron chi connectivity index (χ2n) is 4.98. The summed E-state index contributed by atoms with van der Waals surface area (Å²) < 4.78 is 5.40. The average molecular weight is 260 g/mol. The first kappa shape index (κ1) is 13.1. The molecule has 6 heteroatoms. The number of hydrogen-bond acceptors (Lipinski definition) is 4. The molecule has 0 unspecified atom stereocenters. The Labute approximate surface area is 111 Å². The molecular formula is C13H16N4O2. The van der Waals surface area contributed by atoms with Crippen LogP contribution in [-0.2, 0) is 4.74 Å². The van der Waals surface area contributed by atoms with Gasteiger partial charge < -0.3 is 4.74 Å². The van der Waals surface area contributed by atoms with Gasteiger partial charge in [-0.3, -0.25) is 10.1 Å². The van der Waals surface area contributed by atoms with Crippen molar-refractivity contribution in [3.63, 3.8) is 0 Å². The maximum absolute atomic E-state index is 12.3. The molecular weight excluding hydrogens is 244 g/mol. The van der Waals surface area contributed by atoms with E-state index in [0.717, 1.165) is 0 Å². The smallest absolute Gasteiger partial charge is 0.419 e. The number of anilines is 2. The first-order valence-corrected chi connectivity index (χ1v) is 5.89. The molecule has 1 amide bonds. The lowest BCUT2D eigenvalue weighted by atomic mass is 10.2. The lowest BCUT2D eigenvalue weighted by molar-refractivity contribution is 0.0599. The van der Waals surface area contributed by atoms with E-state index in [-0.39, 0.29) is 0 Å². The predicted molar refractivity (Wildman–Crippen MR) is 71.2 cm³/mol. The molecule has 0 saturated heterocycles. The van der Waals surface area contributed by atoms with E-state index in [1.54, 1.807) is 36.9 Å². The Kier molecular flexibility index (Phi) is 3.50. The van der Waals surface area contributed by atoms with Gasteiger partial charge in [0.1, 0.15) is 5.60 Å². The summed E-state index contributed by atoms with van der Waals surface area (Å²) in [6.07, 6.45) is 5.94. The van der Waals surface area contributed by atoms with Gasteiger partial charge in [-0.1, -0.05) is 0 Å². The fraction of sp³-hybridized carbons (Fsp3) is 0.308. The fourth-order valence-electron chi connectivity index (χ4n) is 1.52. The molecule has 6 nitrogen and oxygen atoms in total. The number of H-pyrrole nitrogens is 1. The van der Waals surface area contributed by atoms with Crippen LogP contribution in [0.15, 0.2) is 36.9 Å². The largest absolute Gasteiger partial charge is 0.443 e. The third-order valence-electron chi connectivity index (χ3n) is 2.22. The first-order chi connectivity index (χ1) is 8.97. The fourth-order valence-corrected chi connectivity index (χ4v) is 1.52. The molecule has 2 aromatic heterocycles. The summed E-state index contributed by atoms with van der Waals surface area (Å²) in [5, 5.41) is 6.53. The monoisotopic (exact) mass is 260 g/mol. The quantitative estimate of drug-likeness (QED) is 0.901. The van der Waals surface area contributed by atoms with Crippen LogP contribution in [-0.4, -0.2) is 26.9 Å². The minimum absolute atomic E-state index is 0.470. The molecule has 19 heavy (non-hydrogen) atoms. The van der Waals surface area contributed by atoms with Crippen molar-refractivity contribution in [3.8, 4) is 0 Å². The Morgan fingerprint density at radius 3 is 2.63 bits per heavy atom. The van der Waals surface area contributed by atoms with Crippen molar-refractivity contribution in [2.24, 2.45) is 0 Å². The van der Waals surface area contributed by atoms with E-state index in [1.807, 2.05) is 20.8 Å². The van der Waals surface area contributed by atoms with E-state index >= 15 is 0 Å². The third kappa shape index (κ3) is 3.31. The summed E-state index contributed by atoms with van der Waals surface area (Å²) in [5.74, 6) is 0. The number of carbonyl (C=O) groups excluding carboxylic acids is 1. The van der Waals surface area contributed by atoms with Gasteiger partial charge in [0, 0.05) is 12.4 Å². The summed E-state index contributed by atoms with van der Waals surface area (Å²) >= 11 is 0. The molecule has 0 fully saturated rings. The van der Waals surface area contributed by atoms with Crippen LogP contribution < -0.4 is 4.90 Å². The van der Waals surface area contributed by atoms with Crippen molar-refractivity contribution < 1.29 is 9.53 Å². The number of hydrogen-bond donors (Lipinski definition) is 1. The van der Waals surface area contributed by atoms with Gasteiger partial charge in [0.2, 0.25) is 0 Å². The SMILES string of the molecule is CC(C)(C)OC(=O)N(c1cccnc1)c1cn[nH]c1. The number of aromatic amines is 1. The standard InChI is InChI=1S/C13H16N4O2/c1-13(2,3)19-12(18)17(11-8-15-16-9-11)10-5-4-6-14-7-10/h4-9H,1-3H3,(H,15,16). The summed E-state index contributed by atoms with van der Waals surface area (Å²) in [4.78, 5) is 17.7. The van der Waals surface area contributed by atoms with Crippen LogP contribution in [0.4, 0.5) is 16.2 Å². The number of amides is 1. The summed E-state index contributed by atoms with van der Waals surface area (Å²) in [6.45, 7) is 5.46. The molecule has 0 bridgehead atoms. The minimum atomic E-state index is -0.568. The highest BCUT2D eigenvalue weighted by atomic mass is 16.6. The molecule has 1 N–H and O–H groups in total. The molecule has 100 valence electrons. The number of aromatic nitrogens is 3. The number of nitrogens with zero attached hydrogens (tertiary/aromatic N) is 3. The van der Waals surface area contributed by atoms with E-state index in [9.17, 15) is 4.79 Å². The van der Waals surface area contributed by atoms with Crippen molar-refractivity contribution in [2.75, 3.05) is 4.90 Å². The summed E-state index contributed by atoms with van der Waals surface area (Å²) in [7, 11) is 0. The maximum Gasteiger partial charge on any atom is 0.419 e. The minimum Gasteiger partial charge on any atom is -0.443 e. The number of pyridine rings is 1. The lowest BCUT2D eigenvalue weighted by Gasteiger charge is -2.26. The molecule has 2 rings (SSSR count). The zero-order valence-electron chi connectivity index (χ0n) is 11.1. The number of ether oxygens (including phenoxy) is 1. The molecule has 0 aromatic carbocycles. The van der Waals surface area contributed by atoms with E-state index in [1.165, 1.54) is 4.90 Å². The van der Waals surface area contributed by atoms with Gasteiger partial charge in [-0.15, -0.1) is 0 Å². The molecule has 2 heterocycles. The number of carbonyl (C=O) groups is 1. The second kappa shape index (κ2) is 5.09. The zero-order chi connectivity index (χ0) is 13.9. The molecule has 0 aliphatic rings. The second-order valence-corrected chi connectivity index (χ2v) is 4.98. The Balaban J connectivity index is 2.34. The Hall–Kier alpha value is -2.37. The number of nitrogens with one attached hydrogen (secondary N) is 1. The highest BCUT2D eigenvalue weighted by Crippen LogP contribution is 2.25. The van der Waals surface area contributed by atoms with Crippen LogP contribution >= 0.6 is 0 Å². The molecule has 0 spiro atoms. The van der Waals surface area contributed by atoms with Crippen molar-refractivity contribution in [1.82, 2.24) is 15.2 Å². The van der Waals surface area contributed by atoms with Gasteiger partial charge in [-0.25, -0.2) is 9.69 Å². The predicted octanol–water partition coefficient (Wildman–Crippen LogP) is 2.88. The topological polar surface area (TPSA) is 71.1 Å². The normalized spacial score (nSPS) is 11.1. The first-order valence-electron chi connectivity index (χ1n) is 5.89. The van der Waals surface area contributed by atoms with Crippen molar-refractivity contribution in [2.45, 2.75) is 26.4 Å². The summed E-state index contributed by atoms with van der Waals surface area (Å²) in [5.41, 5.74) is 0.654. The number of rotatable bonds is 2. The van der Waals surface area contributed by atoms with Crippen molar-refractivity contribution in [1.29, 1.82) is 0 Å². The van der Waals surface area contributed by atoms with Gasteiger partial charge in [0.05, 0.1) is 23.8 Å². The van der Waals surface area contributed by atoms with Crippen LogP contribution in [0.5, 0.6) is 0 Å². The molecule has 0 aliphatic heterocycles. The van der Waals surface area contributed by atoms with Gasteiger partial charge in [-0.05, 0) is 32.9 Å². The van der Waals surface area contributed by atoms with Crippen molar-refractivity contribution in [3.05, 3.63) is 36.9 Å². The molecule has 0 radical (unpaired) electrons. The van der Waals surface area contributed by atoms with Crippen LogP contribution in [0, 0.1) is 0 Å². The summed E-state index contributed by atoms with van der Waals surface area (Å²) in [6, 6.07) is 3.54. The van der Waals surface area contributed by atoms with Gasteiger partial charge >= 0.3 is 6.09 Å². The molecule has 0 atom stereocenters. The van der Waals surface area contributed by atoms with E-state index in [0.29, 0.717) is 11.4 Å². The van der Waals surface area contributed by atoms with Gasteiger partial charge in [-0.2, -0.15) is 5.10 Å². The highest BCUT2D eigenvalue weighted by Gasteiger charge is 2.25. The van der Waals surface area contributed by atoms with Gasteiger partial charge in [0.15, 0.2) is 0 Å². The van der Waals surface area contributed by atoms with Crippen molar-refractivity contribution >= 4 is 17.5 Å². The third-order valence-corrected chi connectivity index (χ3v) is 2.22. The van der Waals surface area contributed by atoms with E-state index < -0.39 is 11.7 Å². The zero-order valence-corrected chi connectivity index (χ0v) is 11.1.